The predicted octanol–water partition coefficient (Wildman–Crippen LogP) is 13.7. The Morgan fingerprint density at radius 3 is 1.33 bits per heavy atom. The second-order valence-corrected chi connectivity index (χ2v) is 18.1. The van der Waals surface area contributed by atoms with Gasteiger partial charge in [0.2, 0.25) is 0 Å². The molecule has 0 aromatic heterocycles. The van der Waals surface area contributed by atoms with E-state index in [-0.39, 0.29) is 13.0 Å². The van der Waals surface area contributed by atoms with Crippen LogP contribution in [0.4, 0.5) is 0 Å². The summed E-state index contributed by atoms with van der Waals surface area (Å²) in [5.74, 6) is -1.77. The summed E-state index contributed by atoms with van der Waals surface area (Å²) in [6, 6.07) is -1.47. The summed E-state index contributed by atoms with van der Waals surface area (Å²) < 4.78 is 33.4. The number of hydrogen-bond donors (Lipinski definition) is 3. The number of allylic oxidation sites excluding steroid dienone is 2. The third-order valence-electron chi connectivity index (χ3n) is 10.8. The van der Waals surface area contributed by atoms with Crippen LogP contribution >= 0.6 is 7.82 Å². The zero-order valence-corrected chi connectivity index (χ0v) is 38.6. The molecule has 0 amide bonds. The van der Waals surface area contributed by atoms with Crippen molar-refractivity contribution in [2.45, 2.75) is 251 Å². The van der Waals surface area contributed by atoms with Gasteiger partial charge in [0.1, 0.15) is 12.1 Å². The highest BCUT2D eigenvalue weighted by Gasteiger charge is 2.27. The lowest BCUT2D eigenvalue weighted by Crippen LogP contribution is -2.34. The fourth-order valence-corrected chi connectivity index (χ4v) is 7.79. The molecule has 58 heavy (non-hydrogen) atoms. The largest absolute Gasteiger partial charge is 0.480 e. The molecule has 0 aromatic carbocycles. The number of carboxylic acids is 1. The predicted molar refractivity (Wildman–Crippen MR) is 240 cm³/mol. The fourth-order valence-electron chi connectivity index (χ4n) is 7.01. The summed E-state index contributed by atoms with van der Waals surface area (Å²) in [5, 5.41) is 8.91. The van der Waals surface area contributed by atoms with Gasteiger partial charge in [0.15, 0.2) is 0 Å². The van der Waals surface area contributed by atoms with Gasteiger partial charge >= 0.3 is 19.8 Å². The number of ether oxygens (including phenoxy) is 2. The lowest BCUT2D eigenvalue weighted by molar-refractivity contribution is -0.154. The van der Waals surface area contributed by atoms with Crippen LogP contribution in [-0.4, -0.2) is 60.5 Å². The molecule has 3 unspecified atom stereocenters. The van der Waals surface area contributed by atoms with Gasteiger partial charge in [-0.25, -0.2) is 4.57 Å². The van der Waals surface area contributed by atoms with Crippen molar-refractivity contribution in [2.75, 3.05) is 26.4 Å². The van der Waals surface area contributed by atoms with Crippen molar-refractivity contribution in [2.24, 2.45) is 5.73 Å². The molecule has 4 N–H and O–H groups in total. The first-order valence-electron chi connectivity index (χ1n) is 24.2. The third kappa shape index (κ3) is 42.8. The Morgan fingerprint density at radius 1 is 0.534 bits per heavy atom. The summed E-state index contributed by atoms with van der Waals surface area (Å²) in [5.41, 5.74) is 5.36. The highest BCUT2D eigenvalue weighted by atomic mass is 31.2. The van der Waals surface area contributed by atoms with E-state index in [1.807, 2.05) is 0 Å². The summed E-state index contributed by atoms with van der Waals surface area (Å²) in [4.78, 5) is 33.6. The van der Waals surface area contributed by atoms with Gasteiger partial charge in [-0.15, -0.1) is 0 Å². The van der Waals surface area contributed by atoms with E-state index in [1.165, 1.54) is 173 Å². The summed E-state index contributed by atoms with van der Waals surface area (Å²) in [7, 11) is -4.61. The molecule has 0 rings (SSSR count). The number of esters is 1. The lowest BCUT2D eigenvalue weighted by Gasteiger charge is -2.20. The van der Waals surface area contributed by atoms with Gasteiger partial charge in [0.05, 0.1) is 19.8 Å². The number of hydrogen-bond acceptors (Lipinski definition) is 8. The molecule has 0 aromatic rings. The number of carbonyl (C=O) groups excluding carboxylic acids is 1. The van der Waals surface area contributed by atoms with Crippen molar-refractivity contribution in [3.8, 4) is 0 Å². The van der Waals surface area contributed by atoms with E-state index >= 15 is 0 Å². The zero-order chi connectivity index (χ0) is 42.6. The van der Waals surface area contributed by atoms with Gasteiger partial charge in [-0.2, -0.15) is 0 Å². The number of aliphatic carboxylic acids is 1. The maximum absolute atomic E-state index is 12.7. The van der Waals surface area contributed by atoms with E-state index in [0.717, 1.165) is 44.9 Å². The Labute approximate surface area is 356 Å². The molecule has 0 bridgehead atoms. The quantitative estimate of drug-likeness (QED) is 0.0233. The topological polar surface area (TPSA) is 155 Å². The molecule has 10 nitrogen and oxygen atoms in total. The minimum Gasteiger partial charge on any atom is -0.480 e. The number of phosphoric ester groups is 1. The second kappa shape index (κ2) is 43.8. The first-order valence-corrected chi connectivity index (χ1v) is 25.7. The van der Waals surface area contributed by atoms with Gasteiger partial charge in [0, 0.05) is 13.0 Å². The van der Waals surface area contributed by atoms with Crippen molar-refractivity contribution in [1.29, 1.82) is 0 Å². The Hall–Kier alpha value is -1.29. The van der Waals surface area contributed by atoms with Gasteiger partial charge in [-0.05, 0) is 38.5 Å². The van der Waals surface area contributed by atoms with Crippen LogP contribution < -0.4 is 5.73 Å². The first kappa shape index (κ1) is 56.7. The van der Waals surface area contributed by atoms with Crippen molar-refractivity contribution in [1.82, 2.24) is 0 Å². The van der Waals surface area contributed by atoms with Crippen LogP contribution in [0.15, 0.2) is 12.2 Å². The molecule has 344 valence electrons. The van der Waals surface area contributed by atoms with Crippen molar-refractivity contribution in [3.63, 3.8) is 0 Å². The van der Waals surface area contributed by atoms with Gasteiger partial charge in [-0.1, -0.05) is 206 Å². The molecule has 0 aliphatic carbocycles. The fraction of sp³-hybridized carbons (Fsp3) is 0.915. The van der Waals surface area contributed by atoms with E-state index in [4.69, 9.17) is 29.4 Å². The second-order valence-electron chi connectivity index (χ2n) is 16.6. The van der Waals surface area contributed by atoms with Crippen LogP contribution in [0.1, 0.15) is 239 Å². The summed E-state index contributed by atoms with van der Waals surface area (Å²) in [6.45, 7) is 3.90. The highest BCUT2D eigenvalue weighted by Crippen LogP contribution is 2.43. The Morgan fingerprint density at radius 2 is 0.897 bits per heavy atom. The maximum Gasteiger partial charge on any atom is 0.472 e. The maximum atomic E-state index is 12.7. The molecule has 0 aliphatic rings. The van der Waals surface area contributed by atoms with Crippen LogP contribution in [0.25, 0.3) is 0 Å². The van der Waals surface area contributed by atoms with E-state index in [0.29, 0.717) is 6.61 Å². The minimum absolute atomic E-state index is 0.0184. The Balaban J connectivity index is 4.10. The first-order chi connectivity index (χ1) is 28.2. The molecule has 0 saturated carbocycles. The van der Waals surface area contributed by atoms with E-state index in [9.17, 15) is 19.0 Å². The Kier molecular flexibility index (Phi) is 42.8. The summed E-state index contributed by atoms with van der Waals surface area (Å²) >= 11 is 0. The van der Waals surface area contributed by atoms with Crippen LogP contribution in [0.3, 0.4) is 0 Å². The number of rotatable bonds is 47. The monoisotopic (exact) mass is 846 g/mol. The van der Waals surface area contributed by atoms with Crippen LogP contribution in [0.2, 0.25) is 0 Å². The number of unbranched alkanes of at least 4 members (excludes halogenated alkanes) is 31. The van der Waals surface area contributed by atoms with Crippen molar-refractivity contribution in [3.05, 3.63) is 12.2 Å². The molecule has 3 atom stereocenters. The number of carboxylic acid groups (broad SMARTS) is 1. The minimum atomic E-state index is -4.61. The number of nitrogens with two attached hydrogens (primary N) is 1. The lowest BCUT2D eigenvalue weighted by atomic mass is 10.0. The van der Waals surface area contributed by atoms with Crippen molar-refractivity contribution >= 4 is 19.8 Å². The molecule has 0 spiro atoms. The van der Waals surface area contributed by atoms with Crippen LogP contribution in [-0.2, 0) is 32.7 Å². The SMILES string of the molecule is CCCCCC/C=C\CCCCCCCCOCC(COP(=O)(O)OCC(N)C(=O)O)OC(=O)CCCCCCCCCCCCCCCCCCCCCCCC. The zero-order valence-electron chi connectivity index (χ0n) is 37.7. The number of phosphoric acid groups is 1. The molecule has 0 heterocycles. The standard InChI is InChI=1S/C47H92NO9P/c1-3-5-7-9-11-13-15-17-19-20-21-22-23-24-25-26-27-29-31-33-35-37-39-46(49)57-44(42-55-58(52,53)56-43-45(48)47(50)51)41-54-40-38-36-34-32-30-28-18-16-14-12-10-8-6-4-2/h14,16,44-45H,3-13,15,17-43,48H2,1-2H3,(H,50,51)(H,52,53)/b16-14-. The van der Waals surface area contributed by atoms with E-state index < -0.39 is 45.1 Å². The number of carbonyl (C=O) groups is 2. The van der Waals surface area contributed by atoms with Gasteiger partial charge in [0.25, 0.3) is 0 Å². The summed E-state index contributed by atoms with van der Waals surface area (Å²) in [6.07, 6.45) is 47.0. The third-order valence-corrected chi connectivity index (χ3v) is 11.7. The van der Waals surface area contributed by atoms with Crippen LogP contribution in [0, 0.1) is 0 Å². The molecule has 0 radical (unpaired) electrons. The van der Waals surface area contributed by atoms with Gasteiger partial charge < -0.3 is 25.2 Å². The van der Waals surface area contributed by atoms with E-state index in [2.05, 4.69) is 26.0 Å². The van der Waals surface area contributed by atoms with Crippen LogP contribution in [0.5, 0.6) is 0 Å². The molecule has 0 aliphatic heterocycles. The molecular weight excluding hydrogens is 753 g/mol. The average molecular weight is 846 g/mol. The highest BCUT2D eigenvalue weighted by molar-refractivity contribution is 7.47. The molecule has 0 saturated heterocycles. The molecule has 0 fully saturated rings. The molecular formula is C47H92NO9P. The van der Waals surface area contributed by atoms with Gasteiger partial charge in [-0.3, -0.25) is 18.6 Å². The average Bonchev–Trinajstić information content (AvgIpc) is 3.20. The molecule has 11 heteroatoms. The van der Waals surface area contributed by atoms with Crippen molar-refractivity contribution < 1.29 is 42.7 Å². The smallest absolute Gasteiger partial charge is 0.472 e. The Bertz CT molecular complexity index is 982. The normalized spacial score (nSPS) is 13.9. The van der Waals surface area contributed by atoms with E-state index in [1.54, 1.807) is 0 Å².